The maximum Gasteiger partial charge on any atom is 0.256 e. The van der Waals surface area contributed by atoms with Gasteiger partial charge >= 0.3 is 0 Å². The molecule has 0 aliphatic rings. The van der Waals surface area contributed by atoms with Crippen molar-refractivity contribution in [3.63, 3.8) is 0 Å². The van der Waals surface area contributed by atoms with Crippen LogP contribution in [0.3, 0.4) is 0 Å². The molecule has 0 radical (unpaired) electrons. The number of ether oxygens (including phenoxy) is 2. The number of hydrogen-bond donors (Lipinski definition) is 1. The van der Waals surface area contributed by atoms with Crippen molar-refractivity contribution in [2.75, 3.05) is 19.5 Å². The molecule has 2 aromatic rings. The van der Waals surface area contributed by atoms with Crippen LogP contribution in [0.15, 0.2) is 36.7 Å². The van der Waals surface area contributed by atoms with E-state index in [1.165, 1.54) is 44.8 Å². The molecule has 2 rings (SSSR count). The molecule has 1 N–H and O–H groups in total. The summed E-state index contributed by atoms with van der Waals surface area (Å²) in [7, 11) is 2.96. The topological polar surface area (TPSA) is 74.5 Å². The number of aromatic nitrogens is 1. The van der Waals surface area contributed by atoms with Crippen molar-refractivity contribution in [2.24, 2.45) is 0 Å². The van der Waals surface area contributed by atoms with E-state index >= 15 is 0 Å². The van der Waals surface area contributed by atoms with Crippen LogP contribution in [-0.4, -0.2) is 20.1 Å². The molecular formula is C14H13ClN2O4. The van der Waals surface area contributed by atoms with Gasteiger partial charge in [0.2, 0.25) is 0 Å². The average molecular weight is 309 g/mol. The fourth-order valence-electron chi connectivity index (χ4n) is 1.72. The minimum Gasteiger partial charge on any atom is -0.619 e. The molecule has 21 heavy (non-hydrogen) atoms. The summed E-state index contributed by atoms with van der Waals surface area (Å²) < 4.78 is 10.9. The fraction of sp³-hybridized carbons (Fsp3) is 0.143. The number of hydrogen-bond acceptors (Lipinski definition) is 4. The first-order valence-corrected chi connectivity index (χ1v) is 6.34. The number of halogens is 1. The Balaban J connectivity index is 2.28. The van der Waals surface area contributed by atoms with Crippen LogP contribution in [0.4, 0.5) is 5.69 Å². The molecule has 1 heterocycles. The maximum absolute atomic E-state index is 12.1. The first kappa shape index (κ1) is 14.9. The zero-order valence-electron chi connectivity index (χ0n) is 11.4. The Bertz CT molecular complexity index is 659. The monoisotopic (exact) mass is 308 g/mol. The third-order valence-electron chi connectivity index (χ3n) is 2.79. The summed E-state index contributed by atoms with van der Waals surface area (Å²) in [5.41, 5.74) is 0.753. The Morgan fingerprint density at radius 3 is 2.38 bits per heavy atom. The van der Waals surface area contributed by atoms with E-state index < -0.39 is 0 Å². The van der Waals surface area contributed by atoms with Crippen LogP contribution in [0.1, 0.15) is 10.4 Å². The molecule has 7 heteroatoms. The Morgan fingerprint density at radius 2 is 1.81 bits per heavy atom. The molecule has 0 atom stereocenters. The normalized spacial score (nSPS) is 10.0. The van der Waals surface area contributed by atoms with Gasteiger partial charge in [-0.1, -0.05) is 11.6 Å². The first-order valence-electron chi connectivity index (χ1n) is 5.97. The van der Waals surface area contributed by atoms with Gasteiger partial charge in [0.25, 0.3) is 5.91 Å². The maximum atomic E-state index is 12.1. The summed E-state index contributed by atoms with van der Waals surface area (Å²) in [5.74, 6) is 0.480. The number of anilines is 1. The number of methoxy groups -OCH3 is 2. The summed E-state index contributed by atoms with van der Waals surface area (Å²) in [4.78, 5) is 12.1. The highest BCUT2D eigenvalue weighted by Crippen LogP contribution is 2.36. The molecular weight excluding hydrogens is 296 g/mol. The molecule has 1 amide bonds. The summed E-state index contributed by atoms with van der Waals surface area (Å²) in [6, 6.07) is 5.95. The van der Waals surface area contributed by atoms with Crippen molar-refractivity contribution in [1.82, 2.24) is 0 Å². The van der Waals surface area contributed by atoms with Gasteiger partial charge in [0.15, 0.2) is 12.4 Å². The lowest BCUT2D eigenvalue weighted by molar-refractivity contribution is -0.605. The van der Waals surface area contributed by atoms with Crippen LogP contribution in [0, 0.1) is 5.21 Å². The smallest absolute Gasteiger partial charge is 0.256 e. The summed E-state index contributed by atoms with van der Waals surface area (Å²) in [6.45, 7) is 0. The van der Waals surface area contributed by atoms with Crippen LogP contribution >= 0.6 is 11.6 Å². The fourth-order valence-corrected chi connectivity index (χ4v) is 1.96. The summed E-state index contributed by atoms with van der Waals surface area (Å²) in [6.07, 6.45) is 2.49. The van der Waals surface area contributed by atoms with Crippen LogP contribution in [0.2, 0.25) is 5.02 Å². The highest BCUT2D eigenvalue weighted by atomic mass is 35.5. The predicted molar refractivity (Wildman–Crippen MR) is 77.9 cm³/mol. The summed E-state index contributed by atoms with van der Waals surface area (Å²) >= 11 is 6.03. The zero-order valence-corrected chi connectivity index (χ0v) is 12.2. The van der Waals surface area contributed by atoms with E-state index in [9.17, 15) is 10.0 Å². The quantitative estimate of drug-likeness (QED) is 0.694. The van der Waals surface area contributed by atoms with E-state index in [4.69, 9.17) is 21.1 Å². The van der Waals surface area contributed by atoms with Gasteiger partial charge in [-0.25, -0.2) is 0 Å². The van der Waals surface area contributed by atoms with E-state index in [1.54, 1.807) is 6.07 Å². The Kier molecular flexibility index (Phi) is 4.49. The number of pyridine rings is 1. The van der Waals surface area contributed by atoms with Gasteiger partial charge in [0.05, 0.1) is 30.5 Å². The lowest BCUT2D eigenvalue weighted by Crippen LogP contribution is -2.25. The SMILES string of the molecule is COc1cc(OC)c(NC(=O)c2cc[n+]([O-])cc2)cc1Cl. The molecule has 1 aromatic carbocycles. The molecule has 0 aliphatic heterocycles. The van der Waals surface area contributed by atoms with Gasteiger partial charge in [0.1, 0.15) is 11.5 Å². The second-order valence-corrected chi connectivity index (χ2v) is 4.50. The van der Waals surface area contributed by atoms with Crippen LogP contribution in [0.25, 0.3) is 0 Å². The first-order chi connectivity index (χ1) is 10.0. The Hall–Kier alpha value is -2.47. The molecule has 6 nitrogen and oxygen atoms in total. The van der Waals surface area contributed by atoms with Crippen molar-refractivity contribution in [1.29, 1.82) is 0 Å². The Labute approximate surface area is 126 Å². The van der Waals surface area contributed by atoms with E-state index in [2.05, 4.69) is 5.32 Å². The molecule has 0 saturated carbocycles. The highest BCUT2D eigenvalue weighted by Gasteiger charge is 2.14. The zero-order chi connectivity index (χ0) is 15.4. The van der Waals surface area contributed by atoms with E-state index in [-0.39, 0.29) is 5.91 Å². The van der Waals surface area contributed by atoms with Crippen molar-refractivity contribution in [3.8, 4) is 11.5 Å². The highest BCUT2D eigenvalue weighted by molar-refractivity contribution is 6.32. The molecule has 0 fully saturated rings. The van der Waals surface area contributed by atoms with E-state index in [0.717, 1.165) is 0 Å². The molecule has 0 bridgehead atoms. The van der Waals surface area contributed by atoms with Crippen molar-refractivity contribution in [2.45, 2.75) is 0 Å². The van der Waals surface area contributed by atoms with Crippen LogP contribution < -0.4 is 19.5 Å². The molecule has 0 aliphatic carbocycles. The lowest BCUT2D eigenvalue weighted by atomic mass is 10.2. The minimum absolute atomic E-state index is 0.344. The van der Waals surface area contributed by atoms with Crippen molar-refractivity contribution >= 4 is 23.2 Å². The lowest BCUT2D eigenvalue weighted by Gasteiger charge is -2.13. The third kappa shape index (κ3) is 3.35. The number of amides is 1. The average Bonchev–Trinajstić information content (AvgIpc) is 2.48. The van der Waals surface area contributed by atoms with Gasteiger partial charge in [-0.15, -0.1) is 0 Å². The second kappa shape index (κ2) is 6.32. The van der Waals surface area contributed by atoms with Crippen LogP contribution in [0.5, 0.6) is 11.5 Å². The third-order valence-corrected chi connectivity index (χ3v) is 3.08. The standard InChI is InChI=1S/C14H13ClN2O4/c1-20-12-8-13(21-2)11(7-10(12)15)16-14(18)9-3-5-17(19)6-4-9/h3-8H,1-2H3,(H,16,18). The van der Waals surface area contributed by atoms with E-state index in [1.807, 2.05) is 0 Å². The number of nitrogens with zero attached hydrogens (tertiary/aromatic N) is 1. The number of rotatable bonds is 4. The molecule has 0 saturated heterocycles. The largest absolute Gasteiger partial charge is 0.619 e. The van der Waals surface area contributed by atoms with Crippen LogP contribution in [-0.2, 0) is 0 Å². The Morgan fingerprint density at radius 1 is 1.19 bits per heavy atom. The molecule has 1 aromatic heterocycles. The number of carbonyl (C=O) groups is 1. The molecule has 0 spiro atoms. The number of nitrogens with one attached hydrogen (secondary N) is 1. The van der Waals surface area contributed by atoms with Crippen molar-refractivity contribution in [3.05, 3.63) is 52.5 Å². The predicted octanol–water partition coefficient (Wildman–Crippen LogP) is 2.24. The second-order valence-electron chi connectivity index (χ2n) is 4.09. The number of carbonyl (C=O) groups excluding carboxylic acids is 1. The summed E-state index contributed by atoms with van der Waals surface area (Å²) in [5, 5.41) is 14.0. The minimum atomic E-state index is -0.380. The number of benzene rings is 1. The molecule has 110 valence electrons. The van der Waals surface area contributed by atoms with E-state index in [0.29, 0.717) is 32.5 Å². The van der Waals surface area contributed by atoms with Gasteiger partial charge in [-0.05, 0) is 6.07 Å². The van der Waals surface area contributed by atoms with Gasteiger partial charge < -0.3 is 20.0 Å². The van der Waals surface area contributed by atoms with Crippen molar-refractivity contribution < 1.29 is 19.0 Å². The van der Waals surface area contributed by atoms with Gasteiger partial charge in [-0.3, -0.25) is 4.79 Å². The van der Waals surface area contributed by atoms with Gasteiger partial charge in [-0.2, -0.15) is 4.73 Å². The molecule has 0 unspecified atom stereocenters. The van der Waals surface area contributed by atoms with Gasteiger partial charge in [0, 0.05) is 18.2 Å².